The van der Waals surface area contributed by atoms with Gasteiger partial charge in [0, 0.05) is 18.0 Å². The minimum atomic E-state index is -1.08. The van der Waals surface area contributed by atoms with Crippen LogP contribution in [-0.2, 0) is 6.42 Å². The molecule has 2 N–H and O–H groups in total. The van der Waals surface area contributed by atoms with Crippen LogP contribution in [-0.4, -0.2) is 36.2 Å². The predicted molar refractivity (Wildman–Crippen MR) is 70.5 cm³/mol. The second kappa shape index (κ2) is 4.49. The highest BCUT2D eigenvalue weighted by molar-refractivity contribution is 5.86. The highest BCUT2D eigenvalue weighted by Crippen LogP contribution is 2.17. The van der Waals surface area contributed by atoms with Gasteiger partial charge in [0.15, 0.2) is 11.5 Å². The Morgan fingerprint density at radius 3 is 2.63 bits per heavy atom. The number of nitrogens with one attached hydrogen (secondary N) is 1. The van der Waals surface area contributed by atoms with Crippen molar-refractivity contribution in [1.82, 2.24) is 19.6 Å². The highest BCUT2D eigenvalue weighted by atomic mass is 16.4. The molecule has 0 aliphatic rings. The molecule has 0 aliphatic carbocycles. The van der Waals surface area contributed by atoms with E-state index in [4.69, 9.17) is 5.11 Å². The van der Waals surface area contributed by atoms with Crippen molar-refractivity contribution in [3.05, 3.63) is 17.6 Å². The lowest BCUT2D eigenvalue weighted by Crippen LogP contribution is -2.28. The van der Waals surface area contributed by atoms with Crippen molar-refractivity contribution >= 4 is 17.6 Å². The van der Waals surface area contributed by atoms with Gasteiger partial charge >= 0.3 is 5.97 Å². The second-order valence-electron chi connectivity index (χ2n) is 5.30. The molecule has 7 heteroatoms. The Kier molecular flexibility index (Phi) is 3.13. The van der Waals surface area contributed by atoms with Gasteiger partial charge in [0.2, 0.25) is 0 Å². The first kappa shape index (κ1) is 13.3. The number of fused-ring (bicyclic) bond motifs is 1. The van der Waals surface area contributed by atoms with E-state index in [1.165, 1.54) is 10.6 Å². The molecule has 0 saturated heterocycles. The van der Waals surface area contributed by atoms with Crippen molar-refractivity contribution in [3.63, 3.8) is 0 Å². The molecule has 2 rings (SSSR count). The molecule has 0 radical (unpaired) electrons. The fraction of sp³-hybridized carbons (Fsp3) is 0.500. The van der Waals surface area contributed by atoms with Crippen molar-refractivity contribution in [2.45, 2.75) is 39.7 Å². The average Bonchev–Trinajstić information content (AvgIpc) is 2.69. The van der Waals surface area contributed by atoms with Crippen LogP contribution >= 0.6 is 0 Å². The van der Waals surface area contributed by atoms with Crippen molar-refractivity contribution in [1.29, 1.82) is 0 Å². The molecular formula is C12H17N5O2. The van der Waals surface area contributed by atoms with Gasteiger partial charge in [-0.3, -0.25) is 0 Å². The van der Waals surface area contributed by atoms with Crippen LogP contribution in [0.5, 0.6) is 0 Å². The van der Waals surface area contributed by atoms with E-state index in [1.807, 2.05) is 27.7 Å². The summed E-state index contributed by atoms with van der Waals surface area (Å²) in [6.45, 7) is 7.88. The molecule has 2 aromatic rings. The van der Waals surface area contributed by atoms with Crippen LogP contribution in [0.15, 0.2) is 6.07 Å². The zero-order chi connectivity index (χ0) is 14.2. The van der Waals surface area contributed by atoms with Crippen LogP contribution in [0.3, 0.4) is 0 Å². The molecule has 0 fully saturated rings. The smallest absolute Gasteiger partial charge is 0.354 e. The van der Waals surface area contributed by atoms with E-state index in [0.717, 1.165) is 0 Å². The number of anilines is 1. The molecule has 0 saturated carbocycles. The number of hydrogen-bond donors (Lipinski definition) is 2. The van der Waals surface area contributed by atoms with Crippen molar-refractivity contribution < 1.29 is 9.90 Å². The zero-order valence-electron chi connectivity index (χ0n) is 11.4. The summed E-state index contributed by atoms with van der Waals surface area (Å²) in [6, 6.07) is 1.47. The monoisotopic (exact) mass is 263 g/mol. The molecule has 0 bridgehead atoms. The first-order valence-corrected chi connectivity index (χ1v) is 6.08. The van der Waals surface area contributed by atoms with E-state index in [-0.39, 0.29) is 11.2 Å². The standard InChI is InChI=1S/C12H17N5O2/c1-5-8-14-11-13-7(10(18)19)6-9(17(11)16-8)15-12(2,3)4/h6,15H,5H2,1-4H3,(H,18,19). The van der Waals surface area contributed by atoms with E-state index in [0.29, 0.717) is 23.8 Å². The van der Waals surface area contributed by atoms with E-state index >= 15 is 0 Å². The van der Waals surface area contributed by atoms with Crippen molar-refractivity contribution in [2.24, 2.45) is 0 Å². The minimum Gasteiger partial charge on any atom is -0.477 e. The number of rotatable bonds is 3. The normalized spacial score (nSPS) is 11.8. The van der Waals surface area contributed by atoms with Crippen molar-refractivity contribution in [2.75, 3.05) is 5.32 Å². The Morgan fingerprint density at radius 1 is 1.42 bits per heavy atom. The van der Waals surface area contributed by atoms with Gasteiger partial charge < -0.3 is 10.4 Å². The van der Waals surface area contributed by atoms with Crippen LogP contribution in [0.1, 0.15) is 44.0 Å². The molecule has 0 aliphatic heterocycles. The Hall–Kier alpha value is -2.18. The number of aromatic carboxylic acids is 1. The average molecular weight is 263 g/mol. The number of aryl methyl sites for hydroxylation is 1. The van der Waals surface area contributed by atoms with Gasteiger partial charge in [-0.2, -0.15) is 9.50 Å². The minimum absolute atomic E-state index is 0.0469. The maximum atomic E-state index is 11.1. The van der Waals surface area contributed by atoms with Gasteiger partial charge in [0.25, 0.3) is 5.78 Å². The maximum absolute atomic E-state index is 11.1. The topological polar surface area (TPSA) is 92.4 Å². The van der Waals surface area contributed by atoms with Crippen LogP contribution in [0, 0.1) is 0 Å². The Balaban J connectivity index is 2.63. The summed E-state index contributed by atoms with van der Waals surface area (Å²) in [5, 5.41) is 16.6. The largest absolute Gasteiger partial charge is 0.477 e. The van der Waals surface area contributed by atoms with Crippen molar-refractivity contribution in [3.8, 4) is 0 Å². The predicted octanol–water partition coefficient (Wildman–Crippen LogP) is 1.60. The Bertz CT molecular complexity index is 627. The van der Waals surface area contributed by atoms with E-state index in [9.17, 15) is 4.79 Å². The third-order valence-corrected chi connectivity index (χ3v) is 2.39. The van der Waals surface area contributed by atoms with Gasteiger partial charge in [0.05, 0.1) is 0 Å². The van der Waals surface area contributed by atoms with Crippen LogP contribution < -0.4 is 5.32 Å². The first-order chi connectivity index (χ1) is 8.80. The molecule has 0 aromatic carbocycles. The number of carboxylic acids is 1. The lowest BCUT2D eigenvalue weighted by Gasteiger charge is -2.22. The van der Waals surface area contributed by atoms with Gasteiger partial charge in [-0.15, -0.1) is 5.10 Å². The number of nitrogens with zero attached hydrogens (tertiary/aromatic N) is 4. The van der Waals surface area contributed by atoms with Crippen LogP contribution in [0.4, 0.5) is 5.82 Å². The first-order valence-electron chi connectivity index (χ1n) is 6.08. The van der Waals surface area contributed by atoms with Gasteiger partial charge in [0.1, 0.15) is 5.82 Å². The molecule has 2 aromatic heterocycles. The molecule has 0 spiro atoms. The lowest BCUT2D eigenvalue weighted by molar-refractivity contribution is 0.0690. The molecule has 0 atom stereocenters. The molecular weight excluding hydrogens is 246 g/mol. The summed E-state index contributed by atoms with van der Waals surface area (Å²) < 4.78 is 1.54. The number of hydrogen-bond acceptors (Lipinski definition) is 5. The maximum Gasteiger partial charge on any atom is 0.354 e. The zero-order valence-corrected chi connectivity index (χ0v) is 11.4. The summed E-state index contributed by atoms with van der Waals surface area (Å²) in [6.07, 6.45) is 0.667. The molecule has 102 valence electrons. The third kappa shape index (κ3) is 2.81. The number of carbonyl (C=O) groups is 1. The Labute approximate surface area is 110 Å². The molecule has 2 heterocycles. The molecule has 0 amide bonds. The summed E-state index contributed by atoms with van der Waals surface area (Å²) in [5.74, 6) is 0.415. The summed E-state index contributed by atoms with van der Waals surface area (Å²) in [4.78, 5) is 19.3. The summed E-state index contributed by atoms with van der Waals surface area (Å²) >= 11 is 0. The molecule has 0 unspecified atom stereocenters. The van der Waals surface area contributed by atoms with Gasteiger partial charge in [-0.1, -0.05) is 6.92 Å². The van der Waals surface area contributed by atoms with Gasteiger partial charge in [-0.25, -0.2) is 9.78 Å². The molecule has 7 nitrogen and oxygen atoms in total. The fourth-order valence-electron chi connectivity index (χ4n) is 1.64. The lowest BCUT2D eigenvalue weighted by atomic mass is 10.1. The third-order valence-electron chi connectivity index (χ3n) is 2.39. The Morgan fingerprint density at radius 2 is 2.11 bits per heavy atom. The quantitative estimate of drug-likeness (QED) is 0.873. The number of carboxylic acid groups (broad SMARTS) is 1. The van der Waals surface area contributed by atoms with Gasteiger partial charge in [-0.05, 0) is 20.8 Å². The summed E-state index contributed by atoms with van der Waals surface area (Å²) in [7, 11) is 0. The van der Waals surface area contributed by atoms with E-state index in [1.54, 1.807) is 0 Å². The van der Waals surface area contributed by atoms with Crippen LogP contribution in [0.2, 0.25) is 0 Å². The number of aromatic nitrogens is 4. The van der Waals surface area contributed by atoms with E-state index in [2.05, 4.69) is 20.4 Å². The second-order valence-corrected chi connectivity index (χ2v) is 5.30. The van der Waals surface area contributed by atoms with E-state index < -0.39 is 5.97 Å². The molecule has 19 heavy (non-hydrogen) atoms. The highest BCUT2D eigenvalue weighted by Gasteiger charge is 2.17. The SMILES string of the molecule is CCc1nc2nc(C(=O)O)cc(NC(C)(C)C)n2n1. The summed E-state index contributed by atoms with van der Waals surface area (Å²) in [5.41, 5.74) is -0.267. The van der Waals surface area contributed by atoms with Crippen LogP contribution in [0.25, 0.3) is 5.78 Å². The fourth-order valence-corrected chi connectivity index (χ4v) is 1.64.